The number of carbonyl (C=O) groups excluding carboxylic acids is 1. The van der Waals surface area contributed by atoms with Crippen molar-refractivity contribution >= 4 is 5.97 Å². The Hall–Kier alpha value is -2.93. The van der Waals surface area contributed by atoms with Gasteiger partial charge in [0.25, 0.3) is 0 Å². The Morgan fingerprint density at radius 3 is 2.64 bits per heavy atom. The highest BCUT2D eigenvalue weighted by atomic mass is 16.7. The lowest BCUT2D eigenvalue weighted by Gasteiger charge is -2.18. The summed E-state index contributed by atoms with van der Waals surface area (Å²) in [4.78, 5) is 11.9. The summed E-state index contributed by atoms with van der Waals surface area (Å²) in [6.45, 7) is 1.01. The summed E-state index contributed by atoms with van der Waals surface area (Å²) >= 11 is 0. The van der Waals surface area contributed by atoms with Crippen LogP contribution < -0.4 is 18.9 Å². The summed E-state index contributed by atoms with van der Waals surface area (Å²) < 4.78 is 32.7. The van der Waals surface area contributed by atoms with E-state index in [-0.39, 0.29) is 24.8 Å². The number of benzene rings is 2. The summed E-state index contributed by atoms with van der Waals surface area (Å²) in [5.74, 6) is 2.42. The van der Waals surface area contributed by atoms with Gasteiger partial charge in [-0.2, -0.15) is 0 Å². The van der Waals surface area contributed by atoms with Gasteiger partial charge >= 0.3 is 5.97 Å². The van der Waals surface area contributed by atoms with Crippen LogP contribution in [-0.2, 0) is 20.9 Å². The van der Waals surface area contributed by atoms with Crippen LogP contribution in [0.4, 0.5) is 0 Å². The topological polar surface area (TPSA) is 72.5 Å². The van der Waals surface area contributed by atoms with Gasteiger partial charge in [0.1, 0.15) is 6.10 Å². The third-order valence-electron chi connectivity index (χ3n) is 4.89. The fraction of sp³-hybridized carbons (Fsp3) is 0.381. The first-order valence-corrected chi connectivity index (χ1v) is 9.05. The molecule has 0 aliphatic carbocycles. The van der Waals surface area contributed by atoms with E-state index < -0.39 is 0 Å². The van der Waals surface area contributed by atoms with E-state index in [4.69, 9.17) is 28.4 Å². The van der Waals surface area contributed by atoms with Crippen molar-refractivity contribution in [1.82, 2.24) is 0 Å². The second-order valence-electron chi connectivity index (χ2n) is 6.69. The van der Waals surface area contributed by atoms with Crippen LogP contribution in [0.1, 0.15) is 23.7 Å². The zero-order valence-electron chi connectivity index (χ0n) is 15.8. The molecule has 0 spiro atoms. The molecule has 0 amide bonds. The SMILES string of the molecule is COc1ccc(COC[C@H]2CC(=O)O[C@@H]2c2ccc3c(c2)OCO3)cc1OC. The summed E-state index contributed by atoms with van der Waals surface area (Å²) in [6.07, 6.45) is -0.0298. The van der Waals surface area contributed by atoms with E-state index in [0.29, 0.717) is 42.6 Å². The van der Waals surface area contributed by atoms with Crippen LogP contribution in [0.2, 0.25) is 0 Å². The van der Waals surface area contributed by atoms with Crippen molar-refractivity contribution in [2.75, 3.05) is 27.6 Å². The number of hydrogen-bond acceptors (Lipinski definition) is 7. The standard InChI is InChI=1S/C21H22O7/c1-23-16-5-3-13(7-18(16)24-2)10-25-11-15-9-20(22)28-21(15)14-4-6-17-19(8-14)27-12-26-17/h3-8,15,21H,9-12H2,1-2H3/t15-,21-/m1/s1. The first-order valence-electron chi connectivity index (χ1n) is 9.05. The third kappa shape index (κ3) is 3.71. The lowest BCUT2D eigenvalue weighted by molar-refractivity contribution is -0.141. The second kappa shape index (κ2) is 7.98. The van der Waals surface area contributed by atoms with E-state index in [9.17, 15) is 4.79 Å². The van der Waals surface area contributed by atoms with Gasteiger partial charge < -0.3 is 28.4 Å². The van der Waals surface area contributed by atoms with Crippen LogP contribution in [0.15, 0.2) is 36.4 Å². The maximum atomic E-state index is 11.9. The molecule has 1 saturated heterocycles. The zero-order chi connectivity index (χ0) is 19.5. The van der Waals surface area contributed by atoms with Gasteiger partial charge in [0.2, 0.25) is 6.79 Å². The van der Waals surface area contributed by atoms with Crippen LogP contribution in [0.5, 0.6) is 23.0 Å². The Morgan fingerprint density at radius 2 is 1.82 bits per heavy atom. The Bertz CT molecular complexity index is 864. The number of methoxy groups -OCH3 is 2. The number of esters is 1. The summed E-state index contributed by atoms with van der Waals surface area (Å²) in [6, 6.07) is 11.3. The van der Waals surface area contributed by atoms with Crippen molar-refractivity contribution in [3.63, 3.8) is 0 Å². The summed E-state index contributed by atoms with van der Waals surface area (Å²) in [5, 5.41) is 0. The number of ether oxygens (including phenoxy) is 6. The van der Waals surface area contributed by atoms with Gasteiger partial charge in [-0.3, -0.25) is 4.79 Å². The average molecular weight is 386 g/mol. The van der Waals surface area contributed by atoms with E-state index in [1.54, 1.807) is 14.2 Å². The van der Waals surface area contributed by atoms with Gasteiger partial charge in [-0.25, -0.2) is 0 Å². The molecule has 28 heavy (non-hydrogen) atoms. The Balaban J connectivity index is 1.40. The average Bonchev–Trinajstić information content (AvgIpc) is 3.33. The van der Waals surface area contributed by atoms with E-state index in [2.05, 4.69) is 0 Å². The minimum absolute atomic E-state index is 0.0620. The lowest BCUT2D eigenvalue weighted by atomic mass is 9.95. The number of hydrogen-bond donors (Lipinski definition) is 0. The molecule has 2 heterocycles. The highest BCUT2D eigenvalue weighted by molar-refractivity contribution is 5.72. The van der Waals surface area contributed by atoms with Crippen molar-refractivity contribution < 1.29 is 33.2 Å². The molecule has 4 rings (SSSR count). The first kappa shape index (κ1) is 18.4. The molecule has 2 atom stereocenters. The van der Waals surface area contributed by atoms with Crippen LogP contribution in [-0.4, -0.2) is 33.6 Å². The molecule has 7 heteroatoms. The largest absolute Gasteiger partial charge is 0.493 e. The maximum absolute atomic E-state index is 11.9. The molecule has 0 unspecified atom stereocenters. The Kier molecular flexibility index (Phi) is 5.25. The molecule has 0 N–H and O–H groups in total. The van der Waals surface area contributed by atoms with Crippen LogP contribution in [0.25, 0.3) is 0 Å². The molecule has 0 saturated carbocycles. The van der Waals surface area contributed by atoms with Gasteiger partial charge in [-0.15, -0.1) is 0 Å². The summed E-state index contributed by atoms with van der Waals surface area (Å²) in [5.41, 5.74) is 1.84. The quantitative estimate of drug-likeness (QED) is 0.677. The zero-order valence-corrected chi connectivity index (χ0v) is 15.8. The third-order valence-corrected chi connectivity index (χ3v) is 4.89. The monoisotopic (exact) mass is 386 g/mol. The van der Waals surface area contributed by atoms with Crippen LogP contribution >= 0.6 is 0 Å². The molecule has 0 bridgehead atoms. The van der Waals surface area contributed by atoms with Crippen LogP contribution in [0.3, 0.4) is 0 Å². The van der Waals surface area contributed by atoms with Crippen LogP contribution in [0, 0.1) is 5.92 Å². The maximum Gasteiger partial charge on any atom is 0.306 e. The van der Waals surface area contributed by atoms with Crippen molar-refractivity contribution in [3.8, 4) is 23.0 Å². The van der Waals surface area contributed by atoms with Crippen molar-refractivity contribution in [1.29, 1.82) is 0 Å². The van der Waals surface area contributed by atoms with Crippen molar-refractivity contribution in [3.05, 3.63) is 47.5 Å². The number of cyclic esters (lactones) is 1. The number of fused-ring (bicyclic) bond motifs is 1. The van der Waals surface area contributed by atoms with E-state index in [1.165, 1.54) is 0 Å². The normalized spacial score (nSPS) is 20.1. The minimum Gasteiger partial charge on any atom is -0.493 e. The summed E-state index contributed by atoms with van der Waals surface area (Å²) in [7, 11) is 3.20. The van der Waals surface area contributed by atoms with E-state index in [1.807, 2.05) is 36.4 Å². The Labute approximate surface area is 163 Å². The number of rotatable bonds is 7. The van der Waals surface area contributed by atoms with Crippen molar-refractivity contribution in [2.45, 2.75) is 19.1 Å². The molecule has 2 aromatic rings. The van der Waals surface area contributed by atoms with Gasteiger partial charge in [-0.05, 0) is 35.4 Å². The molecule has 148 valence electrons. The fourth-order valence-electron chi connectivity index (χ4n) is 3.48. The smallest absolute Gasteiger partial charge is 0.306 e. The Morgan fingerprint density at radius 1 is 1.00 bits per heavy atom. The molecule has 1 fully saturated rings. The van der Waals surface area contributed by atoms with Gasteiger partial charge in [0.15, 0.2) is 23.0 Å². The highest BCUT2D eigenvalue weighted by Crippen LogP contribution is 2.40. The molecule has 0 radical (unpaired) electrons. The molecular formula is C21H22O7. The predicted octanol–water partition coefficient (Wildman–Crippen LogP) is 3.25. The molecule has 2 aliphatic heterocycles. The van der Waals surface area contributed by atoms with E-state index >= 15 is 0 Å². The second-order valence-corrected chi connectivity index (χ2v) is 6.69. The molecule has 7 nitrogen and oxygen atoms in total. The van der Waals surface area contributed by atoms with Gasteiger partial charge in [0, 0.05) is 5.92 Å². The first-order chi connectivity index (χ1) is 13.7. The number of carbonyl (C=O) groups is 1. The molecular weight excluding hydrogens is 364 g/mol. The predicted molar refractivity (Wildman–Crippen MR) is 98.7 cm³/mol. The molecule has 2 aromatic carbocycles. The fourth-order valence-corrected chi connectivity index (χ4v) is 3.48. The highest BCUT2D eigenvalue weighted by Gasteiger charge is 2.36. The van der Waals surface area contributed by atoms with Gasteiger partial charge in [0.05, 0.1) is 33.9 Å². The lowest BCUT2D eigenvalue weighted by Crippen LogP contribution is -2.14. The van der Waals surface area contributed by atoms with Crippen molar-refractivity contribution in [2.24, 2.45) is 5.92 Å². The van der Waals surface area contributed by atoms with Gasteiger partial charge in [-0.1, -0.05) is 12.1 Å². The molecule has 0 aromatic heterocycles. The minimum atomic E-state index is -0.354. The molecule has 2 aliphatic rings. The van der Waals surface area contributed by atoms with E-state index in [0.717, 1.165) is 11.1 Å².